The number of nitrogens with zero attached hydrogens (tertiary/aromatic N) is 3. The molecule has 4 rings (SSSR count). The van der Waals surface area contributed by atoms with Gasteiger partial charge in [0.2, 0.25) is 4.96 Å². The Hall–Kier alpha value is -3.23. The van der Waals surface area contributed by atoms with E-state index in [0.717, 1.165) is 28.9 Å². The average Bonchev–Trinajstić information content (AvgIpc) is 3.08. The first-order valence-corrected chi connectivity index (χ1v) is 11.2. The Bertz CT molecular complexity index is 1450. The zero-order chi connectivity index (χ0) is 22.7. The van der Waals surface area contributed by atoms with E-state index in [-0.39, 0.29) is 22.6 Å². The second kappa shape index (κ2) is 9.50. The molecule has 0 atom stereocenters. The van der Waals surface area contributed by atoms with Crippen LogP contribution < -0.4 is 25.1 Å². The molecule has 164 valence electrons. The van der Waals surface area contributed by atoms with Crippen molar-refractivity contribution in [2.75, 3.05) is 13.7 Å². The number of rotatable bonds is 7. The summed E-state index contributed by atoms with van der Waals surface area (Å²) in [4.78, 5) is 29.7. The smallest absolute Gasteiger partial charge is 0.296 e. The van der Waals surface area contributed by atoms with E-state index in [9.17, 15) is 9.59 Å². The third-order valence-corrected chi connectivity index (χ3v) is 6.04. The Morgan fingerprint density at radius 3 is 2.72 bits per heavy atom. The third-order valence-electron chi connectivity index (χ3n) is 4.71. The van der Waals surface area contributed by atoms with Crippen LogP contribution in [0.15, 0.2) is 52.1 Å². The van der Waals surface area contributed by atoms with Crippen LogP contribution in [0.2, 0.25) is 5.02 Å². The molecule has 9 heteroatoms. The summed E-state index contributed by atoms with van der Waals surface area (Å²) >= 11 is 7.30. The van der Waals surface area contributed by atoms with Crippen molar-refractivity contribution < 1.29 is 9.47 Å². The summed E-state index contributed by atoms with van der Waals surface area (Å²) in [5.74, 6) is 1.22. The van der Waals surface area contributed by atoms with Gasteiger partial charge in [0.05, 0.1) is 18.2 Å². The van der Waals surface area contributed by atoms with Crippen LogP contribution in [0.4, 0.5) is 0 Å². The number of aromatic nitrogens is 3. The molecular formula is C23H20ClN3O4S. The number of hydrogen-bond acceptors (Lipinski definition) is 7. The molecule has 4 aromatic rings. The van der Waals surface area contributed by atoms with Crippen molar-refractivity contribution in [1.29, 1.82) is 0 Å². The summed E-state index contributed by atoms with van der Waals surface area (Å²) in [6, 6.07) is 12.6. The number of thiazole rings is 1. The number of ether oxygens (including phenoxy) is 2. The zero-order valence-electron chi connectivity index (χ0n) is 17.5. The van der Waals surface area contributed by atoms with Gasteiger partial charge < -0.3 is 9.47 Å². The molecular weight excluding hydrogens is 450 g/mol. The molecule has 2 heterocycles. The number of fused-ring (bicyclic) bond motifs is 1. The minimum absolute atomic E-state index is 0.163. The van der Waals surface area contributed by atoms with Crippen molar-refractivity contribution in [3.05, 3.63) is 89.5 Å². The number of benzene rings is 2. The molecule has 0 saturated heterocycles. The van der Waals surface area contributed by atoms with E-state index < -0.39 is 5.56 Å². The highest BCUT2D eigenvalue weighted by Gasteiger charge is 2.13. The van der Waals surface area contributed by atoms with Crippen molar-refractivity contribution in [2.45, 2.75) is 19.8 Å². The normalized spacial score (nSPS) is 11.8. The van der Waals surface area contributed by atoms with Crippen molar-refractivity contribution >= 4 is 34.0 Å². The van der Waals surface area contributed by atoms with Crippen LogP contribution in [-0.4, -0.2) is 28.3 Å². The topological polar surface area (TPSA) is 82.8 Å². The van der Waals surface area contributed by atoms with Gasteiger partial charge in [0.1, 0.15) is 5.69 Å². The van der Waals surface area contributed by atoms with Gasteiger partial charge in [0.15, 0.2) is 11.5 Å². The fourth-order valence-electron chi connectivity index (χ4n) is 3.13. The second-order valence-electron chi connectivity index (χ2n) is 7.00. The number of hydrogen-bond donors (Lipinski definition) is 0. The predicted molar refractivity (Wildman–Crippen MR) is 125 cm³/mol. The lowest BCUT2D eigenvalue weighted by Gasteiger charge is -2.10. The lowest BCUT2D eigenvalue weighted by molar-refractivity contribution is 0.294. The first-order chi connectivity index (χ1) is 15.5. The van der Waals surface area contributed by atoms with Crippen LogP contribution in [0.5, 0.6) is 11.5 Å². The molecule has 0 aliphatic rings. The Labute approximate surface area is 192 Å². The van der Waals surface area contributed by atoms with Gasteiger partial charge in [-0.15, -0.1) is 0 Å². The largest absolute Gasteiger partial charge is 0.493 e. The Morgan fingerprint density at radius 2 is 1.97 bits per heavy atom. The monoisotopic (exact) mass is 469 g/mol. The summed E-state index contributed by atoms with van der Waals surface area (Å²) in [6.45, 7) is 2.61. The molecule has 0 N–H and O–H groups in total. The molecule has 0 bridgehead atoms. The summed E-state index contributed by atoms with van der Waals surface area (Å²) in [6.07, 6.45) is 2.79. The van der Waals surface area contributed by atoms with Gasteiger partial charge in [-0.2, -0.15) is 14.6 Å². The standard InChI is InChI=1S/C23H20ClN3O4S/c1-3-10-31-18-9-8-14(11-19(18)30-2)12-20-22(29)27-23(32-20)25-21(28)17(26-27)13-15-6-4-5-7-16(15)24/h4-9,11-12H,3,10,13H2,1-2H3. The van der Waals surface area contributed by atoms with Crippen molar-refractivity contribution in [3.8, 4) is 11.5 Å². The van der Waals surface area contributed by atoms with Crippen molar-refractivity contribution in [3.63, 3.8) is 0 Å². The van der Waals surface area contributed by atoms with Crippen LogP contribution in [0.3, 0.4) is 0 Å². The fourth-order valence-corrected chi connectivity index (χ4v) is 4.24. The van der Waals surface area contributed by atoms with Crippen LogP contribution in [0.25, 0.3) is 11.0 Å². The van der Waals surface area contributed by atoms with Gasteiger partial charge in [-0.05, 0) is 41.8 Å². The number of methoxy groups -OCH3 is 1. The molecule has 0 aliphatic heterocycles. The summed E-state index contributed by atoms with van der Waals surface area (Å²) in [5, 5.41) is 4.80. The molecule has 0 amide bonds. The van der Waals surface area contributed by atoms with Gasteiger partial charge in [-0.25, -0.2) is 0 Å². The molecule has 32 heavy (non-hydrogen) atoms. The van der Waals surface area contributed by atoms with E-state index in [4.69, 9.17) is 21.1 Å². The van der Waals surface area contributed by atoms with Gasteiger partial charge in [0, 0.05) is 11.4 Å². The molecule has 0 aliphatic carbocycles. The highest BCUT2D eigenvalue weighted by molar-refractivity contribution is 7.15. The van der Waals surface area contributed by atoms with Crippen LogP contribution in [-0.2, 0) is 6.42 Å². The number of halogens is 1. The van der Waals surface area contributed by atoms with Crippen molar-refractivity contribution in [2.24, 2.45) is 0 Å². The van der Waals surface area contributed by atoms with Gasteiger partial charge in [0.25, 0.3) is 11.1 Å². The van der Waals surface area contributed by atoms with Gasteiger partial charge in [-0.3, -0.25) is 9.59 Å². The molecule has 7 nitrogen and oxygen atoms in total. The quantitative estimate of drug-likeness (QED) is 0.413. The average molecular weight is 470 g/mol. The molecule has 0 unspecified atom stereocenters. The highest BCUT2D eigenvalue weighted by atomic mass is 35.5. The lowest BCUT2D eigenvalue weighted by Crippen LogP contribution is -2.28. The maximum absolute atomic E-state index is 12.9. The van der Waals surface area contributed by atoms with Gasteiger partial charge in [-0.1, -0.05) is 54.1 Å². The van der Waals surface area contributed by atoms with E-state index >= 15 is 0 Å². The van der Waals surface area contributed by atoms with E-state index in [0.29, 0.717) is 27.7 Å². The lowest BCUT2D eigenvalue weighted by atomic mass is 10.1. The summed E-state index contributed by atoms with van der Waals surface area (Å²) < 4.78 is 12.7. The van der Waals surface area contributed by atoms with Crippen LogP contribution in [0, 0.1) is 0 Å². The van der Waals surface area contributed by atoms with E-state index in [1.165, 1.54) is 4.52 Å². The summed E-state index contributed by atoms with van der Waals surface area (Å²) in [5.41, 5.74) is 0.845. The predicted octanol–water partition coefficient (Wildman–Crippen LogP) is 3.10. The molecule has 0 saturated carbocycles. The summed E-state index contributed by atoms with van der Waals surface area (Å²) in [7, 11) is 1.57. The maximum atomic E-state index is 12.9. The van der Waals surface area contributed by atoms with E-state index in [1.807, 2.05) is 31.2 Å². The Morgan fingerprint density at radius 1 is 1.16 bits per heavy atom. The first kappa shape index (κ1) is 22.0. The highest BCUT2D eigenvalue weighted by Crippen LogP contribution is 2.28. The van der Waals surface area contributed by atoms with Crippen molar-refractivity contribution in [1.82, 2.24) is 14.6 Å². The maximum Gasteiger partial charge on any atom is 0.296 e. The Kier molecular flexibility index (Phi) is 6.53. The second-order valence-corrected chi connectivity index (χ2v) is 8.42. The van der Waals surface area contributed by atoms with E-state index in [1.54, 1.807) is 31.4 Å². The first-order valence-electron chi connectivity index (χ1n) is 9.99. The van der Waals surface area contributed by atoms with Gasteiger partial charge >= 0.3 is 0 Å². The zero-order valence-corrected chi connectivity index (χ0v) is 19.1. The minimum atomic E-state index is -0.475. The minimum Gasteiger partial charge on any atom is -0.493 e. The molecule has 2 aromatic heterocycles. The molecule has 0 radical (unpaired) electrons. The van der Waals surface area contributed by atoms with Crippen LogP contribution in [0.1, 0.15) is 30.2 Å². The SMILES string of the molecule is CCCOc1ccc(C=c2sc3nc(=O)c(Cc4ccccc4Cl)nn3c2=O)cc1OC. The van der Waals surface area contributed by atoms with Crippen LogP contribution >= 0.6 is 22.9 Å². The molecule has 0 fully saturated rings. The Balaban J connectivity index is 1.74. The molecule has 2 aromatic carbocycles. The van der Waals surface area contributed by atoms with E-state index in [2.05, 4.69) is 10.1 Å². The third kappa shape index (κ3) is 4.51. The fraction of sp³-hybridized carbons (Fsp3) is 0.217. The molecule has 0 spiro atoms.